The van der Waals surface area contributed by atoms with E-state index in [2.05, 4.69) is 116 Å². The summed E-state index contributed by atoms with van der Waals surface area (Å²) in [7, 11) is 0. The van der Waals surface area contributed by atoms with Gasteiger partial charge in [-0.1, -0.05) is 91.0 Å². The van der Waals surface area contributed by atoms with Crippen LogP contribution in [0.2, 0.25) is 0 Å². The van der Waals surface area contributed by atoms with Gasteiger partial charge in [-0.2, -0.15) is 8.75 Å². The monoisotopic (exact) mass is 640 g/mol. The van der Waals surface area contributed by atoms with Gasteiger partial charge in [-0.25, -0.2) is 4.98 Å². The molecule has 6 nitrogen and oxygen atoms in total. The van der Waals surface area contributed by atoms with Crippen LogP contribution >= 0.6 is 11.7 Å². The predicted octanol–water partition coefficient (Wildman–Crippen LogP) is 10.1. The summed E-state index contributed by atoms with van der Waals surface area (Å²) in [5, 5.41) is 4.75. The number of rotatable bonds is 8. The van der Waals surface area contributed by atoms with Gasteiger partial charge in [0.1, 0.15) is 41.6 Å². The number of imidazole rings is 1. The Morgan fingerprint density at radius 2 is 1.10 bits per heavy atom. The highest BCUT2D eigenvalue weighted by Gasteiger charge is 2.20. The van der Waals surface area contributed by atoms with Crippen molar-refractivity contribution in [2.45, 2.75) is 0 Å². The van der Waals surface area contributed by atoms with E-state index < -0.39 is 0 Å². The molecule has 2 heterocycles. The number of aromatic nitrogens is 4. The molecule has 7 aromatic carbocycles. The summed E-state index contributed by atoms with van der Waals surface area (Å²) >= 11 is 1.23. The van der Waals surface area contributed by atoms with E-state index in [1.807, 2.05) is 42.5 Å². The van der Waals surface area contributed by atoms with Gasteiger partial charge >= 0.3 is 0 Å². The van der Waals surface area contributed by atoms with Crippen molar-refractivity contribution >= 4 is 55.3 Å². The van der Waals surface area contributed by atoms with Gasteiger partial charge in [0.15, 0.2) is 0 Å². The molecule has 0 aliphatic heterocycles. The number of nitrogens with zero attached hydrogens (tertiary/aromatic N) is 4. The first kappa shape index (κ1) is 28.2. The van der Waals surface area contributed by atoms with Crippen LogP contribution in [0.4, 0.5) is 0 Å². The maximum absolute atomic E-state index is 6.07. The molecule has 7 heteroatoms. The van der Waals surface area contributed by atoms with Crippen molar-refractivity contribution in [3.63, 3.8) is 0 Å². The fourth-order valence-corrected chi connectivity index (χ4v) is 7.07. The fourth-order valence-electron chi connectivity index (χ4n) is 6.52. The molecule has 0 amide bonds. The van der Waals surface area contributed by atoms with E-state index in [9.17, 15) is 0 Å². The van der Waals surface area contributed by atoms with Crippen LogP contribution < -0.4 is 9.47 Å². The standard InChI is InChI=1S/C41H28N4O2S/c1-2-9-29(10-3-1)45-40-36-14-7-5-12-34(36)33-11-4-6-13-35(33)39(40)42-41(45)28-19-23-31(24-20-28)47-26-25-46-30-21-17-27(18-22-30)32-15-8-16-37-38(32)44-48-43-37/h1-24H,25-26H2. The van der Waals surface area contributed by atoms with Crippen molar-refractivity contribution in [1.82, 2.24) is 18.3 Å². The first-order valence-corrected chi connectivity index (χ1v) is 16.6. The largest absolute Gasteiger partial charge is 0.490 e. The van der Waals surface area contributed by atoms with Crippen LogP contribution in [-0.2, 0) is 0 Å². The zero-order valence-electron chi connectivity index (χ0n) is 25.8. The van der Waals surface area contributed by atoms with Crippen molar-refractivity contribution in [1.29, 1.82) is 0 Å². The maximum Gasteiger partial charge on any atom is 0.145 e. The highest BCUT2D eigenvalue weighted by atomic mass is 32.1. The lowest BCUT2D eigenvalue weighted by molar-refractivity contribution is 0.217. The Morgan fingerprint density at radius 1 is 0.500 bits per heavy atom. The first-order valence-electron chi connectivity index (χ1n) is 15.9. The second kappa shape index (κ2) is 12.0. The molecule has 0 atom stereocenters. The third kappa shape index (κ3) is 4.92. The minimum Gasteiger partial charge on any atom is -0.490 e. The number of fused-ring (bicyclic) bond motifs is 7. The number of para-hydroxylation sites is 1. The van der Waals surface area contributed by atoms with Gasteiger partial charge in [0, 0.05) is 27.6 Å². The lowest BCUT2D eigenvalue weighted by atomic mass is 10.00. The SMILES string of the molecule is c1ccc(-n2c(-c3ccc(OCCOc4ccc(-c5cccc6nsnc56)cc4)cc3)nc3c4ccccc4c4ccccc4c32)cc1. The molecule has 0 unspecified atom stereocenters. The van der Waals surface area contributed by atoms with E-state index in [4.69, 9.17) is 14.5 Å². The minimum atomic E-state index is 0.422. The molecule has 9 rings (SSSR count). The summed E-state index contributed by atoms with van der Waals surface area (Å²) in [6.45, 7) is 0.849. The van der Waals surface area contributed by atoms with Crippen LogP contribution in [0.3, 0.4) is 0 Å². The fraction of sp³-hybridized carbons (Fsp3) is 0.0488. The van der Waals surface area contributed by atoms with Crippen LogP contribution in [0.25, 0.3) is 71.8 Å². The lowest BCUT2D eigenvalue weighted by Crippen LogP contribution is -2.08. The van der Waals surface area contributed by atoms with E-state index >= 15 is 0 Å². The first-order chi connectivity index (χ1) is 23.8. The van der Waals surface area contributed by atoms with Gasteiger partial charge in [0.05, 0.1) is 22.8 Å². The summed E-state index contributed by atoms with van der Waals surface area (Å²) in [6.07, 6.45) is 0. The molecule has 0 saturated heterocycles. The average molecular weight is 641 g/mol. The molecule has 0 radical (unpaired) electrons. The van der Waals surface area contributed by atoms with Crippen molar-refractivity contribution < 1.29 is 9.47 Å². The Morgan fingerprint density at radius 3 is 1.81 bits per heavy atom. The van der Waals surface area contributed by atoms with Gasteiger partial charge in [-0.15, -0.1) is 0 Å². The van der Waals surface area contributed by atoms with Crippen molar-refractivity contribution in [3.8, 4) is 39.7 Å². The van der Waals surface area contributed by atoms with Crippen molar-refractivity contribution in [3.05, 3.63) is 146 Å². The van der Waals surface area contributed by atoms with Gasteiger partial charge in [-0.05, 0) is 70.9 Å². The molecule has 0 fully saturated rings. The van der Waals surface area contributed by atoms with Crippen LogP contribution in [0.15, 0.2) is 146 Å². The van der Waals surface area contributed by atoms with Crippen LogP contribution in [0, 0.1) is 0 Å². The molecule has 0 saturated carbocycles. The molecule has 0 bridgehead atoms. The molecular weight excluding hydrogens is 613 g/mol. The van der Waals surface area contributed by atoms with Crippen LogP contribution in [0.1, 0.15) is 0 Å². The molecule has 2 aromatic heterocycles. The summed E-state index contributed by atoms with van der Waals surface area (Å²) < 4.78 is 23.2. The van der Waals surface area contributed by atoms with Gasteiger partial charge in [-0.3, -0.25) is 4.57 Å². The maximum atomic E-state index is 6.07. The van der Waals surface area contributed by atoms with E-state index in [1.165, 1.54) is 27.9 Å². The zero-order valence-corrected chi connectivity index (χ0v) is 26.6. The van der Waals surface area contributed by atoms with Gasteiger partial charge < -0.3 is 9.47 Å². The van der Waals surface area contributed by atoms with Gasteiger partial charge in [0.25, 0.3) is 0 Å². The Labute approximate surface area is 280 Å². The van der Waals surface area contributed by atoms with E-state index in [1.54, 1.807) is 0 Å². The normalized spacial score (nSPS) is 11.5. The van der Waals surface area contributed by atoms with E-state index in [-0.39, 0.29) is 0 Å². The smallest absolute Gasteiger partial charge is 0.145 e. The topological polar surface area (TPSA) is 62.1 Å². The molecule has 230 valence electrons. The van der Waals surface area contributed by atoms with Crippen molar-refractivity contribution in [2.75, 3.05) is 13.2 Å². The lowest BCUT2D eigenvalue weighted by Gasteiger charge is -2.13. The van der Waals surface area contributed by atoms with Crippen molar-refractivity contribution in [2.24, 2.45) is 0 Å². The molecular formula is C41H28N4O2S. The predicted molar refractivity (Wildman–Crippen MR) is 195 cm³/mol. The summed E-state index contributed by atoms with van der Waals surface area (Å²) in [5.41, 5.74) is 8.17. The molecule has 0 aliphatic carbocycles. The number of ether oxygens (including phenoxy) is 2. The molecule has 0 N–H and O–H groups in total. The zero-order chi connectivity index (χ0) is 31.9. The number of benzene rings is 7. The quantitative estimate of drug-likeness (QED) is 0.122. The summed E-state index contributed by atoms with van der Waals surface area (Å²) in [5.74, 6) is 2.46. The minimum absolute atomic E-state index is 0.422. The Balaban J connectivity index is 0.963. The van der Waals surface area contributed by atoms with E-state index in [0.717, 1.165) is 67.2 Å². The highest BCUT2D eigenvalue weighted by Crippen LogP contribution is 2.39. The molecule has 0 aliphatic rings. The van der Waals surface area contributed by atoms with Crippen LogP contribution in [-0.4, -0.2) is 31.5 Å². The second-order valence-corrected chi connectivity index (χ2v) is 12.1. The third-order valence-electron chi connectivity index (χ3n) is 8.73. The third-order valence-corrected chi connectivity index (χ3v) is 9.27. The number of hydrogen-bond acceptors (Lipinski definition) is 6. The Kier molecular flexibility index (Phi) is 7.02. The van der Waals surface area contributed by atoms with Gasteiger partial charge in [0.2, 0.25) is 0 Å². The Bertz CT molecular complexity index is 2560. The summed E-state index contributed by atoms with van der Waals surface area (Å²) in [4.78, 5) is 5.31. The molecule has 0 spiro atoms. The number of hydrogen-bond donors (Lipinski definition) is 0. The molecule has 9 aromatic rings. The summed E-state index contributed by atoms with van der Waals surface area (Å²) in [6, 6.07) is 49.9. The second-order valence-electron chi connectivity index (χ2n) is 11.6. The van der Waals surface area contributed by atoms with E-state index in [0.29, 0.717) is 13.2 Å². The van der Waals surface area contributed by atoms with Crippen LogP contribution in [0.5, 0.6) is 11.5 Å². The highest BCUT2D eigenvalue weighted by molar-refractivity contribution is 7.00. The Hall–Kier alpha value is -6.05. The average Bonchev–Trinajstić information content (AvgIpc) is 3.81. The molecule has 48 heavy (non-hydrogen) atoms.